The van der Waals surface area contributed by atoms with Gasteiger partial charge in [0, 0.05) is 25.7 Å². The molecule has 588 valence electrons. The van der Waals surface area contributed by atoms with Crippen LogP contribution in [0.15, 0.2) is 0 Å². The van der Waals surface area contributed by atoms with Crippen molar-refractivity contribution in [3.8, 4) is 0 Å². The van der Waals surface area contributed by atoms with Crippen molar-refractivity contribution in [2.75, 3.05) is 39.6 Å². The predicted octanol–water partition coefficient (Wildman–Crippen LogP) is 23.9. The van der Waals surface area contributed by atoms with Crippen molar-refractivity contribution in [2.24, 2.45) is 11.8 Å². The van der Waals surface area contributed by atoms with E-state index in [0.29, 0.717) is 25.7 Å². The first-order valence-corrected chi connectivity index (χ1v) is 44.5. The van der Waals surface area contributed by atoms with E-state index in [0.717, 1.165) is 102 Å². The Morgan fingerprint density at radius 1 is 0.273 bits per heavy atom. The highest BCUT2D eigenvalue weighted by Gasteiger charge is 2.30. The number of hydrogen-bond acceptors (Lipinski definition) is 15. The van der Waals surface area contributed by atoms with Gasteiger partial charge in [-0.3, -0.25) is 37.3 Å². The van der Waals surface area contributed by atoms with Gasteiger partial charge in [-0.1, -0.05) is 369 Å². The van der Waals surface area contributed by atoms with Crippen molar-refractivity contribution in [2.45, 2.75) is 439 Å². The molecule has 99 heavy (non-hydrogen) atoms. The zero-order valence-electron chi connectivity index (χ0n) is 64.8. The molecule has 0 rings (SSSR count). The monoisotopic (exact) mass is 1450 g/mol. The molecule has 0 spiro atoms. The second-order valence-corrected chi connectivity index (χ2v) is 32.7. The summed E-state index contributed by atoms with van der Waals surface area (Å²) in [5.74, 6) is -0.561. The van der Waals surface area contributed by atoms with E-state index < -0.39 is 97.5 Å². The molecule has 0 heterocycles. The fourth-order valence-electron chi connectivity index (χ4n) is 12.4. The lowest BCUT2D eigenvalue weighted by molar-refractivity contribution is -0.161. The lowest BCUT2D eigenvalue weighted by Gasteiger charge is -2.21. The third kappa shape index (κ3) is 74.1. The minimum Gasteiger partial charge on any atom is -0.462 e. The van der Waals surface area contributed by atoms with Crippen LogP contribution in [-0.4, -0.2) is 96.7 Å². The number of carbonyl (C=O) groups is 4. The van der Waals surface area contributed by atoms with Crippen LogP contribution in [0, 0.1) is 11.8 Å². The lowest BCUT2D eigenvalue weighted by atomic mass is 10.0. The average Bonchev–Trinajstić information content (AvgIpc) is 1.09. The lowest BCUT2D eigenvalue weighted by Crippen LogP contribution is -2.30. The second kappa shape index (κ2) is 71.7. The van der Waals surface area contributed by atoms with Gasteiger partial charge in [0.15, 0.2) is 12.2 Å². The van der Waals surface area contributed by atoms with Crippen molar-refractivity contribution >= 4 is 39.5 Å². The Hall–Kier alpha value is -1.94. The number of aliphatic hydroxyl groups is 1. The Balaban J connectivity index is 5.26. The SMILES string of the molecule is CCCCCCCCCCCCCCCCCCCCC(=O)O[C@H](COC(=O)CCCCCCCCCCCCCCC(C)C)COP(=O)(O)OC[C@@H](O)COP(=O)(O)OC[C@@H](COC(=O)CCCCCCCCCCCCCC)OC(=O)CCCCCCCCCCCCCC(C)C. The van der Waals surface area contributed by atoms with Crippen molar-refractivity contribution in [1.82, 2.24) is 0 Å². The molecule has 0 aliphatic carbocycles. The normalized spacial score (nSPS) is 13.9. The Kier molecular flexibility index (Phi) is 70.3. The minimum absolute atomic E-state index is 0.107. The molecule has 0 saturated carbocycles. The van der Waals surface area contributed by atoms with Crippen LogP contribution < -0.4 is 0 Å². The van der Waals surface area contributed by atoms with E-state index in [1.165, 1.54) is 238 Å². The first kappa shape index (κ1) is 97.1. The molecule has 5 atom stereocenters. The van der Waals surface area contributed by atoms with Crippen molar-refractivity contribution in [1.29, 1.82) is 0 Å². The molecule has 0 saturated heterocycles. The highest BCUT2D eigenvalue weighted by atomic mass is 31.2. The maximum absolute atomic E-state index is 13.1. The predicted molar refractivity (Wildman–Crippen MR) is 405 cm³/mol. The maximum atomic E-state index is 13.1. The Labute approximate surface area is 607 Å². The number of hydrogen-bond donors (Lipinski definition) is 3. The van der Waals surface area contributed by atoms with Crippen molar-refractivity contribution in [3.05, 3.63) is 0 Å². The Bertz CT molecular complexity index is 1910. The topological polar surface area (TPSA) is 237 Å². The van der Waals surface area contributed by atoms with Gasteiger partial charge in [-0.15, -0.1) is 0 Å². The third-order valence-corrected chi connectivity index (χ3v) is 20.6. The number of rotatable bonds is 79. The van der Waals surface area contributed by atoms with Crippen molar-refractivity contribution in [3.63, 3.8) is 0 Å². The maximum Gasteiger partial charge on any atom is 0.472 e. The summed E-state index contributed by atoms with van der Waals surface area (Å²) in [6.45, 7) is 9.65. The standard InChI is InChI=1S/C80H156O17P2/c1-7-9-11-13-15-17-19-21-22-23-24-25-26-34-40-46-52-58-64-79(84)96-75(69-91-78(83)63-57-51-45-39-33-28-27-30-36-42-48-54-60-72(3)4)70-94-98(86,87)92-66-74(81)67-93-99(88,89)95-71-76(68-90-77(82)62-56-50-44-38-32-20-18-16-14-12-10-8-2)97-80(85)65-59-53-47-41-35-29-31-37-43-49-55-61-73(5)6/h72-76,81H,7-71H2,1-6H3,(H,86,87)(H,88,89)/t74-,75-,76-/m1/s1. The molecule has 0 aliphatic rings. The molecule has 0 fully saturated rings. The van der Waals surface area contributed by atoms with E-state index >= 15 is 0 Å². The second-order valence-electron chi connectivity index (χ2n) is 29.8. The summed E-state index contributed by atoms with van der Waals surface area (Å²) in [5.41, 5.74) is 0. The number of phosphoric acid groups is 2. The van der Waals surface area contributed by atoms with Crippen LogP contribution in [0.5, 0.6) is 0 Å². The Morgan fingerprint density at radius 2 is 0.465 bits per heavy atom. The summed E-state index contributed by atoms with van der Waals surface area (Å²) in [4.78, 5) is 73.0. The largest absolute Gasteiger partial charge is 0.472 e. The summed E-state index contributed by atoms with van der Waals surface area (Å²) in [6, 6.07) is 0. The molecule has 0 aromatic rings. The third-order valence-electron chi connectivity index (χ3n) is 18.7. The van der Waals surface area contributed by atoms with Gasteiger partial charge in [0.05, 0.1) is 26.4 Å². The molecule has 3 N–H and O–H groups in total. The highest BCUT2D eigenvalue weighted by molar-refractivity contribution is 7.47. The van der Waals surface area contributed by atoms with Crippen LogP contribution in [0.3, 0.4) is 0 Å². The summed E-state index contributed by atoms with van der Waals surface area (Å²) >= 11 is 0. The van der Waals surface area contributed by atoms with E-state index in [-0.39, 0.29) is 25.7 Å². The van der Waals surface area contributed by atoms with Crippen molar-refractivity contribution < 1.29 is 80.2 Å². The molecule has 0 radical (unpaired) electrons. The zero-order chi connectivity index (χ0) is 72.8. The van der Waals surface area contributed by atoms with E-state index in [9.17, 15) is 43.2 Å². The molecule has 0 aliphatic heterocycles. The highest BCUT2D eigenvalue weighted by Crippen LogP contribution is 2.45. The number of esters is 4. The van der Waals surface area contributed by atoms with E-state index in [1.54, 1.807) is 0 Å². The molecular formula is C80H156O17P2. The van der Waals surface area contributed by atoms with Gasteiger partial charge in [0.25, 0.3) is 0 Å². The fraction of sp³-hybridized carbons (Fsp3) is 0.950. The Morgan fingerprint density at radius 3 is 0.687 bits per heavy atom. The van der Waals surface area contributed by atoms with Gasteiger partial charge in [-0.05, 0) is 37.5 Å². The number of unbranched alkanes of at least 4 members (excludes halogenated alkanes) is 49. The van der Waals surface area contributed by atoms with E-state index in [4.69, 9.17) is 37.0 Å². The van der Waals surface area contributed by atoms with Gasteiger partial charge < -0.3 is 33.8 Å². The molecule has 2 unspecified atom stereocenters. The zero-order valence-corrected chi connectivity index (χ0v) is 66.6. The van der Waals surface area contributed by atoms with Gasteiger partial charge in [0.1, 0.15) is 19.3 Å². The molecule has 19 heteroatoms. The first-order chi connectivity index (χ1) is 47.9. The van der Waals surface area contributed by atoms with Crippen LogP contribution in [0.4, 0.5) is 0 Å². The van der Waals surface area contributed by atoms with E-state index in [2.05, 4.69) is 41.5 Å². The first-order valence-electron chi connectivity index (χ1n) is 41.5. The molecule has 17 nitrogen and oxygen atoms in total. The fourth-order valence-corrected chi connectivity index (χ4v) is 13.9. The average molecular weight is 1450 g/mol. The molecule has 0 amide bonds. The van der Waals surface area contributed by atoms with Crippen LogP contribution in [-0.2, 0) is 65.4 Å². The van der Waals surface area contributed by atoms with Crippen LogP contribution in [0.2, 0.25) is 0 Å². The summed E-state index contributed by atoms with van der Waals surface area (Å²) in [7, 11) is -9.92. The van der Waals surface area contributed by atoms with Gasteiger partial charge >= 0.3 is 39.5 Å². The minimum atomic E-state index is -4.96. The molecular weight excluding hydrogens is 1290 g/mol. The molecule has 0 aromatic heterocycles. The summed E-state index contributed by atoms with van der Waals surface area (Å²) < 4.78 is 68.7. The van der Waals surface area contributed by atoms with Gasteiger partial charge in [-0.2, -0.15) is 0 Å². The van der Waals surface area contributed by atoms with E-state index in [1.807, 2.05) is 0 Å². The van der Waals surface area contributed by atoms with Crippen LogP contribution >= 0.6 is 15.6 Å². The summed E-state index contributed by atoms with van der Waals surface area (Å²) in [5, 5.41) is 10.6. The number of ether oxygens (including phenoxy) is 4. The number of phosphoric ester groups is 2. The number of aliphatic hydroxyl groups excluding tert-OH is 1. The smallest absolute Gasteiger partial charge is 0.462 e. The van der Waals surface area contributed by atoms with Crippen LogP contribution in [0.25, 0.3) is 0 Å². The quantitative estimate of drug-likeness (QED) is 0.0222. The molecule has 0 bridgehead atoms. The number of carbonyl (C=O) groups excluding carboxylic acids is 4. The van der Waals surface area contributed by atoms with Gasteiger partial charge in [-0.25, -0.2) is 9.13 Å². The summed E-state index contributed by atoms with van der Waals surface area (Å²) in [6.07, 6.45) is 60.9. The molecule has 0 aromatic carbocycles. The van der Waals surface area contributed by atoms with Gasteiger partial charge in [0.2, 0.25) is 0 Å². The van der Waals surface area contributed by atoms with Crippen LogP contribution in [0.1, 0.15) is 420 Å².